The van der Waals surface area contributed by atoms with Crippen LogP contribution in [-0.2, 0) is 36.7 Å². The molecule has 266 valence electrons. The Kier molecular flexibility index (Phi) is 11.9. The van der Waals surface area contributed by atoms with Gasteiger partial charge in [0.1, 0.15) is 54.5 Å². The summed E-state index contributed by atoms with van der Waals surface area (Å²) in [4.78, 5) is 49.3. The van der Waals surface area contributed by atoms with Crippen molar-refractivity contribution in [2.45, 2.75) is 75.4 Å². The van der Waals surface area contributed by atoms with Crippen molar-refractivity contribution in [1.82, 2.24) is 29.1 Å². The van der Waals surface area contributed by atoms with Crippen LogP contribution in [0.25, 0.3) is 11.2 Å². The molecule has 0 aromatic carbocycles. The van der Waals surface area contributed by atoms with Gasteiger partial charge in [0.15, 0.2) is 11.5 Å². The second-order valence-electron chi connectivity index (χ2n) is 11.1. The monoisotopic (exact) mass is 719 g/mol. The molecule has 5 rings (SSSR count). The molecule has 0 spiro atoms. The summed E-state index contributed by atoms with van der Waals surface area (Å²) in [5, 5.41) is 9.82. The Bertz CT molecular complexity index is 1700. The Labute approximate surface area is 273 Å². The largest absolute Gasteiger partial charge is 0.472 e. The van der Waals surface area contributed by atoms with Gasteiger partial charge in [-0.2, -0.15) is 4.98 Å². The highest BCUT2D eigenvalue weighted by molar-refractivity contribution is 7.47. The van der Waals surface area contributed by atoms with Crippen LogP contribution in [0.2, 0.25) is 0 Å². The fourth-order valence-corrected chi connectivity index (χ4v) is 7.30. The number of aliphatic hydroxyl groups excluding tert-OH is 1. The average molecular weight is 720 g/mol. The number of fused-ring (bicyclic) bond motifs is 1. The van der Waals surface area contributed by atoms with Gasteiger partial charge < -0.3 is 41.6 Å². The van der Waals surface area contributed by atoms with Gasteiger partial charge in [0, 0.05) is 19.0 Å². The number of rotatable bonds is 17. The standard InChI is InChI=1S/C25H39N9O12P2/c26-6-3-1-2-4-8-41-47(37,38)46-16-10-21(34-14-31-22-23(28)29-13-30-24(22)34)44-18(16)12-42-48(39,40)45-15-9-20(43-17(15)11-35)33-7-5-19(27)32-25(33)36/h5,7,13-18,20-21,35H,1-4,6,8-12,26H2,(H,37,38)(H,39,40)(H2,27,32,36)(H2,28,29,30)/t15-,16-,17+,18+,20+,21+/m0/s1. The van der Waals surface area contributed by atoms with E-state index in [0.29, 0.717) is 24.1 Å². The molecular formula is C25H39N9O12P2. The highest BCUT2D eigenvalue weighted by Gasteiger charge is 2.45. The van der Waals surface area contributed by atoms with Crippen LogP contribution >= 0.6 is 15.6 Å². The van der Waals surface area contributed by atoms with Gasteiger partial charge in [-0.3, -0.25) is 27.2 Å². The lowest BCUT2D eigenvalue weighted by atomic mass is 10.2. The van der Waals surface area contributed by atoms with Crippen LogP contribution in [0.3, 0.4) is 0 Å². The Morgan fingerprint density at radius 3 is 2.29 bits per heavy atom. The minimum atomic E-state index is -4.89. The summed E-state index contributed by atoms with van der Waals surface area (Å²) in [5.74, 6) is 0.119. The minimum absolute atomic E-state index is 0.00580. The van der Waals surface area contributed by atoms with Crippen molar-refractivity contribution < 1.29 is 51.6 Å². The molecule has 0 saturated carbocycles. The first-order valence-electron chi connectivity index (χ1n) is 15.1. The topological polar surface area (TPSA) is 307 Å². The molecule has 0 bridgehead atoms. The van der Waals surface area contributed by atoms with Crippen LogP contribution in [0.1, 0.15) is 51.0 Å². The van der Waals surface area contributed by atoms with E-state index in [9.17, 15) is 28.8 Å². The predicted molar refractivity (Wildman–Crippen MR) is 166 cm³/mol. The molecule has 2 saturated heterocycles. The zero-order chi connectivity index (χ0) is 34.5. The SMILES string of the molecule is NCCCCCCOP(=O)(O)O[C@H]1C[C@H](n2cnc3c(N)ncnc32)O[C@@H]1COP(=O)(O)O[C@H]1C[C@H](n2ccc(N)nc2=O)O[C@@H]1CO. The zero-order valence-corrected chi connectivity index (χ0v) is 27.5. The van der Waals surface area contributed by atoms with Gasteiger partial charge >= 0.3 is 21.3 Å². The molecule has 2 aliphatic rings. The van der Waals surface area contributed by atoms with Gasteiger partial charge in [-0.15, -0.1) is 0 Å². The summed E-state index contributed by atoms with van der Waals surface area (Å²) >= 11 is 0. The minimum Gasteiger partial charge on any atom is -0.394 e. The van der Waals surface area contributed by atoms with Gasteiger partial charge in [-0.05, 0) is 25.5 Å². The molecule has 48 heavy (non-hydrogen) atoms. The molecule has 21 nitrogen and oxygen atoms in total. The number of anilines is 2. The highest BCUT2D eigenvalue weighted by atomic mass is 31.2. The summed E-state index contributed by atoms with van der Waals surface area (Å²) in [6, 6.07) is 1.37. The maximum absolute atomic E-state index is 13.1. The maximum atomic E-state index is 13.1. The van der Waals surface area contributed by atoms with Gasteiger partial charge in [0.05, 0.1) is 26.1 Å². The molecule has 3 aromatic rings. The zero-order valence-electron chi connectivity index (χ0n) is 25.7. The van der Waals surface area contributed by atoms with Gasteiger partial charge in [-0.1, -0.05) is 12.8 Å². The number of ether oxygens (including phenoxy) is 2. The number of aliphatic hydroxyl groups is 1. The average Bonchev–Trinajstić information content (AvgIpc) is 3.75. The van der Waals surface area contributed by atoms with Crippen molar-refractivity contribution in [2.75, 3.05) is 37.8 Å². The molecule has 0 radical (unpaired) electrons. The number of phosphoric ester groups is 2. The van der Waals surface area contributed by atoms with Crippen LogP contribution in [0.4, 0.5) is 11.6 Å². The quantitative estimate of drug-likeness (QED) is 0.0809. The van der Waals surface area contributed by atoms with E-state index in [1.807, 2.05) is 0 Å². The van der Waals surface area contributed by atoms with Crippen molar-refractivity contribution in [3.63, 3.8) is 0 Å². The van der Waals surface area contributed by atoms with E-state index in [1.165, 1.54) is 29.5 Å². The predicted octanol–water partition coefficient (Wildman–Crippen LogP) is 0.338. The number of nitrogen functional groups attached to an aromatic ring is 2. The normalized spacial score (nSPS) is 26.9. The van der Waals surface area contributed by atoms with Crippen molar-refractivity contribution in [3.8, 4) is 0 Å². The first-order chi connectivity index (χ1) is 22.9. The number of phosphoric acid groups is 2. The first-order valence-corrected chi connectivity index (χ1v) is 18.1. The molecule has 2 aliphatic heterocycles. The molecule has 2 unspecified atom stereocenters. The third-order valence-corrected chi connectivity index (χ3v) is 9.75. The number of unbranched alkanes of at least 4 members (excludes halogenated alkanes) is 3. The molecule has 0 amide bonds. The number of nitrogens with zero attached hydrogens (tertiary/aromatic N) is 6. The second-order valence-corrected chi connectivity index (χ2v) is 13.9. The Balaban J connectivity index is 1.26. The smallest absolute Gasteiger partial charge is 0.394 e. The van der Waals surface area contributed by atoms with Crippen LogP contribution in [0.5, 0.6) is 0 Å². The lowest BCUT2D eigenvalue weighted by molar-refractivity contribution is -0.0564. The van der Waals surface area contributed by atoms with Crippen LogP contribution in [-0.4, -0.2) is 94.7 Å². The summed E-state index contributed by atoms with van der Waals surface area (Å²) in [6.07, 6.45) is 0.217. The van der Waals surface area contributed by atoms with Crippen molar-refractivity contribution in [1.29, 1.82) is 0 Å². The summed E-state index contributed by atoms with van der Waals surface area (Å²) in [7, 11) is -9.51. The number of nitrogens with two attached hydrogens (primary N) is 3. The van der Waals surface area contributed by atoms with E-state index in [2.05, 4.69) is 19.9 Å². The molecule has 23 heteroatoms. The van der Waals surface area contributed by atoms with E-state index >= 15 is 0 Å². The molecule has 2 fully saturated rings. The summed E-state index contributed by atoms with van der Waals surface area (Å²) < 4.78 is 61.5. The first kappa shape index (κ1) is 36.4. The van der Waals surface area contributed by atoms with Crippen molar-refractivity contribution >= 4 is 38.4 Å². The Morgan fingerprint density at radius 1 is 0.917 bits per heavy atom. The third-order valence-electron chi connectivity index (χ3n) is 7.69. The van der Waals surface area contributed by atoms with E-state index in [0.717, 1.165) is 23.8 Å². The van der Waals surface area contributed by atoms with E-state index in [1.54, 1.807) is 0 Å². The fraction of sp³-hybridized carbons (Fsp3) is 0.640. The number of aromatic nitrogens is 6. The molecule has 0 aliphatic carbocycles. The lowest BCUT2D eigenvalue weighted by Crippen LogP contribution is -2.30. The molecular weight excluding hydrogens is 680 g/mol. The Morgan fingerprint density at radius 2 is 1.58 bits per heavy atom. The van der Waals surface area contributed by atoms with E-state index < -0.39 is 71.4 Å². The third kappa shape index (κ3) is 9.00. The van der Waals surface area contributed by atoms with E-state index in [4.69, 9.17) is 44.8 Å². The summed E-state index contributed by atoms with van der Waals surface area (Å²) in [5.41, 5.74) is 16.8. The fourth-order valence-electron chi connectivity index (χ4n) is 5.35. The Hall–Kier alpha value is -2.91. The molecule has 5 heterocycles. The summed E-state index contributed by atoms with van der Waals surface area (Å²) in [6.45, 7) is -0.744. The molecule has 8 atom stereocenters. The highest BCUT2D eigenvalue weighted by Crippen LogP contribution is 2.51. The van der Waals surface area contributed by atoms with Gasteiger partial charge in [-0.25, -0.2) is 28.9 Å². The second kappa shape index (κ2) is 15.8. The van der Waals surface area contributed by atoms with Crippen LogP contribution in [0.15, 0.2) is 29.7 Å². The van der Waals surface area contributed by atoms with Gasteiger partial charge in [0.25, 0.3) is 0 Å². The maximum Gasteiger partial charge on any atom is 0.472 e. The van der Waals surface area contributed by atoms with Gasteiger partial charge in [0.2, 0.25) is 0 Å². The molecule has 3 aromatic heterocycles. The van der Waals surface area contributed by atoms with Crippen LogP contribution < -0.4 is 22.9 Å². The molecule has 9 N–H and O–H groups in total. The number of hydrogen-bond donors (Lipinski definition) is 6. The van der Waals surface area contributed by atoms with Crippen molar-refractivity contribution in [3.05, 3.63) is 35.4 Å². The number of imidazole rings is 1. The van der Waals surface area contributed by atoms with Crippen LogP contribution in [0, 0.1) is 0 Å². The number of hydrogen-bond acceptors (Lipinski definition) is 17. The van der Waals surface area contributed by atoms with E-state index in [-0.39, 0.29) is 31.1 Å². The lowest BCUT2D eigenvalue weighted by Gasteiger charge is -2.23. The van der Waals surface area contributed by atoms with Crippen molar-refractivity contribution in [2.24, 2.45) is 5.73 Å².